The lowest BCUT2D eigenvalue weighted by Gasteiger charge is -2.40. The third kappa shape index (κ3) is 25.3. The van der Waals surface area contributed by atoms with E-state index in [2.05, 4.69) is 196 Å². The number of benzene rings is 4. The molecule has 20 rings (SSSR count). The molecule has 10 aliphatic rings. The SMILES string of the molecule is CC(=O)N1CCC(CC(=O)N2CCN(C3c4ncc(Br)cc4CCc4cc(Cl)cc(Br)c43)CC2)CC1.CC(=O)N1CCC(CC(=O)N2CCN(C3c4ncc(Br)cc4CCc4cc(Cl)cc(Br)c43)CC2)CC1.C[n+]1ccc(CC(=O)N2CCN(C3c4ncc(Br)cc4CCc4cc(Cl)cc(Br)c43)CC2)cc1.C[n+]1ccc(CC(=O)N2CCN(C3c4ncc(Br)cc4CCc4cc(Cl)cc(Br)c43)CC2)cc1. The van der Waals surface area contributed by atoms with Crippen LogP contribution in [-0.2, 0) is 107 Å². The van der Waals surface area contributed by atoms with Crippen molar-refractivity contribution in [1.29, 1.82) is 0 Å². The van der Waals surface area contributed by atoms with Crippen LogP contribution in [0.2, 0.25) is 20.1 Å². The molecule has 140 heavy (non-hydrogen) atoms. The predicted octanol–water partition coefficient (Wildman–Crippen LogP) is 19.8. The minimum atomic E-state index is 0.0189. The van der Waals surface area contributed by atoms with E-state index in [1.807, 2.05) is 151 Å². The molecule has 6 saturated heterocycles. The van der Waals surface area contributed by atoms with Gasteiger partial charge in [0.15, 0.2) is 24.8 Å². The van der Waals surface area contributed by atoms with Gasteiger partial charge in [-0.3, -0.25) is 68.3 Å². The van der Waals surface area contributed by atoms with E-state index in [1.54, 1.807) is 13.8 Å². The highest BCUT2D eigenvalue weighted by Gasteiger charge is 2.42. The van der Waals surface area contributed by atoms with Crippen LogP contribution < -0.4 is 9.13 Å². The number of carbonyl (C=O) groups excluding carboxylic acids is 6. The molecule has 4 unspecified atom stereocenters. The molecular formula is C106H114Br8Cl4N16O6+2. The van der Waals surface area contributed by atoms with Gasteiger partial charge in [0, 0.05) is 263 Å². The molecule has 0 N–H and O–H groups in total. The molecule has 10 aromatic rings. The van der Waals surface area contributed by atoms with Gasteiger partial charge in [-0.1, -0.05) is 110 Å². The molecule has 12 heterocycles. The van der Waals surface area contributed by atoms with E-state index in [0.29, 0.717) is 89.9 Å². The molecule has 4 atom stereocenters. The monoisotopic (exact) mass is 2480 g/mol. The molecular weight excluding hydrogens is 2370 g/mol. The number of aromatic nitrogens is 6. The van der Waals surface area contributed by atoms with Gasteiger partial charge in [-0.25, -0.2) is 9.13 Å². The average Bonchev–Trinajstić information content (AvgIpc) is 1.58. The van der Waals surface area contributed by atoms with Crippen molar-refractivity contribution in [1.82, 2.24) is 68.9 Å². The van der Waals surface area contributed by atoms with Gasteiger partial charge in [0.05, 0.1) is 59.8 Å². The fraction of sp³-hybridized carbons (Fsp3) is 0.434. The summed E-state index contributed by atoms with van der Waals surface area (Å²) < 4.78 is 12.0. The minimum Gasteiger partial charge on any atom is -0.343 e. The Bertz CT molecular complexity index is 5890. The van der Waals surface area contributed by atoms with Crippen LogP contribution in [0.3, 0.4) is 0 Å². The van der Waals surface area contributed by atoms with Crippen LogP contribution in [0.15, 0.2) is 182 Å². The molecule has 0 radical (unpaired) electrons. The number of amides is 6. The van der Waals surface area contributed by atoms with Crippen LogP contribution in [0.1, 0.15) is 177 Å². The fourth-order valence-electron chi connectivity index (χ4n) is 21.9. The first-order valence-corrected chi connectivity index (χ1v) is 56.2. The van der Waals surface area contributed by atoms with Crippen molar-refractivity contribution in [2.45, 2.75) is 141 Å². The van der Waals surface area contributed by atoms with E-state index in [4.69, 9.17) is 66.3 Å². The maximum Gasteiger partial charge on any atom is 0.227 e. The number of piperazine rings is 4. The number of hydrogen-bond donors (Lipinski definition) is 0. The van der Waals surface area contributed by atoms with Crippen LogP contribution in [0, 0.1) is 11.8 Å². The lowest BCUT2D eigenvalue weighted by Crippen LogP contribution is -2.50. The van der Waals surface area contributed by atoms with Crippen molar-refractivity contribution < 1.29 is 37.9 Å². The lowest BCUT2D eigenvalue weighted by molar-refractivity contribution is -0.671. The van der Waals surface area contributed by atoms with Gasteiger partial charge in [0.25, 0.3) is 0 Å². The molecule has 34 heteroatoms. The molecule has 6 amide bonds. The van der Waals surface area contributed by atoms with Crippen molar-refractivity contribution >= 4 is 209 Å². The zero-order valence-corrected chi connectivity index (χ0v) is 94.6. The number of hydrogen-bond acceptors (Lipinski definition) is 14. The molecule has 6 fully saturated rings. The summed E-state index contributed by atoms with van der Waals surface area (Å²) in [6, 6.07) is 33.2. The van der Waals surface area contributed by atoms with Crippen molar-refractivity contribution in [3.63, 3.8) is 0 Å². The molecule has 0 bridgehead atoms. The number of carbonyl (C=O) groups is 6. The fourth-order valence-corrected chi connectivity index (χ4v) is 27.7. The standard InChI is InChI=1S/2C27H31Br2ClN4O2.2C26H26Br2ClN4O/c2*1-17(35)32-6-4-18(5-7-32)12-24(36)33-8-10-34(11-9-33)27-25-19(14-22(30)15-23(25)29)2-3-20-13-21(28)16-31-26(20)27;2*1-31-6-4-17(5-7-31)12-23(34)32-8-10-33(11-9-32)26-24-18(14-21(29)15-22(24)28)2-3-19-13-20(27)16-30-25(19)26/h2*13-16,18,27H,2-12H2,1H3;2*4-7,13-16,26H,2-3,8-12H2,1H3/q;;2*+1. The number of likely N-dealkylation sites (tertiary alicyclic amines) is 2. The highest BCUT2D eigenvalue weighted by atomic mass is 79.9. The highest BCUT2D eigenvalue weighted by Crippen LogP contribution is 2.48. The zero-order valence-electron chi connectivity index (χ0n) is 78.9. The maximum absolute atomic E-state index is 13.1. The van der Waals surface area contributed by atoms with E-state index < -0.39 is 0 Å². The second kappa shape index (κ2) is 47.5. The first-order valence-electron chi connectivity index (χ1n) is 48.3. The van der Waals surface area contributed by atoms with E-state index in [9.17, 15) is 28.8 Å². The minimum absolute atomic E-state index is 0.0189. The number of pyridine rings is 6. The highest BCUT2D eigenvalue weighted by molar-refractivity contribution is 9.11. The Labute approximate surface area is 907 Å². The molecule has 0 spiro atoms. The number of halogens is 12. The zero-order chi connectivity index (χ0) is 98.4. The van der Waals surface area contributed by atoms with Gasteiger partial charge in [-0.2, -0.15) is 0 Å². The van der Waals surface area contributed by atoms with Gasteiger partial charge in [0.2, 0.25) is 35.4 Å². The van der Waals surface area contributed by atoms with Crippen molar-refractivity contribution in [3.05, 3.63) is 303 Å². The summed E-state index contributed by atoms with van der Waals surface area (Å²) >= 11 is 55.3. The van der Waals surface area contributed by atoms with Gasteiger partial charge in [-0.05, 0) is 303 Å². The molecule has 736 valence electrons. The second-order valence-corrected chi connectivity index (χ2v) is 47.1. The number of rotatable bonds is 12. The summed E-state index contributed by atoms with van der Waals surface area (Å²) in [6.45, 7) is 18.4. The van der Waals surface area contributed by atoms with Crippen molar-refractivity contribution in [2.75, 3.05) is 131 Å². The summed E-state index contributed by atoms with van der Waals surface area (Å²) in [7, 11) is 3.96. The van der Waals surface area contributed by atoms with Gasteiger partial charge >= 0.3 is 0 Å². The molecule has 4 aliphatic carbocycles. The second-order valence-electron chi connectivity index (χ2n) is 38.3. The van der Waals surface area contributed by atoms with Crippen LogP contribution in [-0.4, -0.2) is 235 Å². The van der Waals surface area contributed by atoms with Crippen LogP contribution in [0.4, 0.5) is 0 Å². The predicted molar refractivity (Wildman–Crippen MR) is 576 cm³/mol. The largest absolute Gasteiger partial charge is 0.343 e. The molecule has 6 aliphatic heterocycles. The number of piperidine rings is 2. The Balaban J connectivity index is 0.000000129. The van der Waals surface area contributed by atoms with Gasteiger partial charge in [0.1, 0.15) is 14.1 Å². The van der Waals surface area contributed by atoms with Gasteiger partial charge in [-0.15, -0.1) is 0 Å². The third-order valence-electron chi connectivity index (χ3n) is 29.4. The summed E-state index contributed by atoms with van der Waals surface area (Å²) in [5.41, 5.74) is 21.5. The molecule has 0 saturated carbocycles. The maximum atomic E-state index is 13.1. The van der Waals surface area contributed by atoms with Gasteiger partial charge < -0.3 is 29.4 Å². The Hall–Kier alpha value is -6.56. The van der Waals surface area contributed by atoms with Crippen molar-refractivity contribution in [2.24, 2.45) is 25.9 Å². The number of fused-ring (bicyclic) bond motifs is 8. The summed E-state index contributed by atoms with van der Waals surface area (Å²) in [5.74, 6) is 1.86. The van der Waals surface area contributed by atoms with Crippen LogP contribution in [0.5, 0.6) is 0 Å². The summed E-state index contributed by atoms with van der Waals surface area (Å²) in [5, 5.41) is 2.97. The number of aryl methyl sites for hydroxylation is 10. The third-order valence-corrected chi connectivity index (χ3v) is 34.6. The first-order chi connectivity index (χ1) is 67.4. The Morgan fingerprint density at radius 2 is 0.521 bits per heavy atom. The quantitative estimate of drug-likeness (QED) is 0.105. The Kier molecular flexibility index (Phi) is 35.6. The van der Waals surface area contributed by atoms with E-state index in [-0.39, 0.29) is 59.6 Å². The molecule has 4 aromatic carbocycles. The Morgan fingerprint density at radius 3 is 0.750 bits per heavy atom. The summed E-state index contributed by atoms with van der Waals surface area (Å²) in [6.07, 6.45) is 28.5. The average molecular weight is 2490 g/mol. The van der Waals surface area contributed by atoms with E-state index >= 15 is 0 Å². The topological polar surface area (TPSA) is 194 Å². The first kappa shape index (κ1) is 105. The van der Waals surface area contributed by atoms with E-state index in [0.717, 1.165) is 245 Å². The van der Waals surface area contributed by atoms with Crippen molar-refractivity contribution in [3.8, 4) is 0 Å². The van der Waals surface area contributed by atoms with E-state index in [1.165, 1.54) is 66.8 Å². The smallest absolute Gasteiger partial charge is 0.227 e. The van der Waals surface area contributed by atoms with Crippen LogP contribution in [0.25, 0.3) is 0 Å². The normalized spacial score (nSPS) is 19.7. The molecule has 6 aromatic heterocycles. The number of nitrogens with zero attached hydrogens (tertiary/aromatic N) is 16. The Morgan fingerprint density at radius 1 is 0.300 bits per heavy atom. The summed E-state index contributed by atoms with van der Waals surface area (Å²) in [4.78, 5) is 117. The molecule has 22 nitrogen and oxygen atoms in total. The lowest BCUT2D eigenvalue weighted by atomic mass is 9.92. The van der Waals surface area contributed by atoms with Crippen LogP contribution >= 0.6 is 174 Å².